The van der Waals surface area contributed by atoms with E-state index in [1.165, 1.54) is 0 Å². The molecule has 82 valence electrons. The van der Waals surface area contributed by atoms with Gasteiger partial charge in [-0.25, -0.2) is 4.79 Å². The zero-order valence-electron chi connectivity index (χ0n) is 9.39. The smallest absolute Gasteiger partial charge is 0.335 e. The molecular weight excluding hydrogens is 200 g/mol. The summed E-state index contributed by atoms with van der Waals surface area (Å²) < 4.78 is 5.20. The summed E-state index contributed by atoms with van der Waals surface area (Å²) in [6.45, 7) is 7.58. The fourth-order valence-electron chi connectivity index (χ4n) is 0.855. The van der Waals surface area contributed by atoms with Crippen LogP contribution < -0.4 is 0 Å². The van der Waals surface area contributed by atoms with E-state index in [-0.39, 0.29) is 11.8 Å². The minimum Gasteiger partial charge on any atom is -0.457 e. The van der Waals surface area contributed by atoms with Crippen LogP contribution >= 0.6 is 11.6 Å². The predicted molar refractivity (Wildman–Crippen MR) is 59.6 cm³/mol. The maximum absolute atomic E-state index is 11.5. The summed E-state index contributed by atoms with van der Waals surface area (Å²) >= 11 is 5.66. The fourth-order valence-corrected chi connectivity index (χ4v) is 1.07. The SMILES string of the molecule is CCCC=C(CCl)C(=O)OC(C)(C)C. The highest BCUT2D eigenvalue weighted by Crippen LogP contribution is 2.12. The second kappa shape index (κ2) is 6.07. The summed E-state index contributed by atoms with van der Waals surface area (Å²) in [6, 6.07) is 0. The van der Waals surface area contributed by atoms with Crippen LogP contribution in [0.15, 0.2) is 11.6 Å². The van der Waals surface area contributed by atoms with Gasteiger partial charge in [-0.3, -0.25) is 0 Å². The Morgan fingerprint density at radius 2 is 2.00 bits per heavy atom. The molecule has 0 aliphatic rings. The van der Waals surface area contributed by atoms with Crippen molar-refractivity contribution >= 4 is 17.6 Å². The molecule has 0 unspecified atom stereocenters. The summed E-state index contributed by atoms with van der Waals surface area (Å²) in [4.78, 5) is 11.5. The Balaban J connectivity index is 4.33. The molecule has 3 heteroatoms. The van der Waals surface area contributed by atoms with E-state index in [4.69, 9.17) is 16.3 Å². The number of carbonyl (C=O) groups is 1. The van der Waals surface area contributed by atoms with Gasteiger partial charge in [0.1, 0.15) is 5.60 Å². The molecule has 0 saturated heterocycles. The van der Waals surface area contributed by atoms with Crippen molar-refractivity contribution < 1.29 is 9.53 Å². The monoisotopic (exact) mass is 218 g/mol. The van der Waals surface area contributed by atoms with Crippen LogP contribution in [0, 0.1) is 0 Å². The first-order valence-corrected chi connectivity index (χ1v) is 5.42. The Morgan fingerprint density at radius 1 is 1.43 bits per heavy atom. The van der Waals surface area contributed by atoms with Gasteiger partial charge >= 0.3 is 5.97 Å². The van der Waals surface area contributed by atoms with Crippen molar-refractivity contribution in [2.45, 2.75) is 46.1 Å². The van der Waals surface area contributed by atoms with Crippen molar-refractivity contribution in [3.63, 3.8) is 0 Å². The standard InChI is InChI=1S/C11H19ClO2/c1-5-6-7-9(8-12)10(13)14-11(2,3)4/h7H,5-6,8H2,1-4H3. The normalized spacial score (nSPS) is 12.8. The van der Waals surface area contributed by atoms with Crippen LogP contribution in [0.2, 0.25) is 0 Å². The van der Waals surface area contributed by atoms with Crippen molar-refractivity contribution in [1.29, 1.82) is 0 Å². The quantitative estimate of drug-likeness (QED) is 0.411. The number of alkyl halides is 1. The molecule has 14 heavy (non-hydrogen) atoms. The second-order valence-electron chi connectivity index (χ2n) is 4.15. The molecular formula is C11H19ClO2. The van der Waals surface area contributed by atoms with Gasteiger partial charge in [-0.1, -0.05) is 19.4 Å². The van der Waals surface area contributed by atoms with Crippen LogP contribution in [0.1, 0.15) is 40.5 Å². The first-order chi connectivity index (χ1) is 6.40. The van der Waals surface area contributed by atoms with Crippen LogP contribution in [0.5, 0.6) is 0 Å². The molecule has 0 atom stereocenters. The molecule has 0 aromatic heterocycles. The number of ether oxygens (including phenoxy) is 1. The molecule has 0 amide bonds. The molecule has 2 nitrogen and oxygen atoms in total. The van der Waals surface area contributed by atoms with Crippen molar-refractivity contribution in [3.8, 4) is 0 Å². The highest BCUT2D eigenvalue weighted by atomic mass is 35.5. The minimum atomic E-state index is -0.450. The lowest BCUT2D eigenvalue weighted by atomic mass is 10.1. The first-order valence-electron chi connectivity index (χ1n) is 4.89. The molecule has 0 saturated carbocycles. The summed E-state index contributed by atoms with van der Waals surface area (Å²) in [6.07, 6.45) is 3.71. The zero-order valence-corrected chi connectivity index (χ0v) is 10.1. The number of allylic oxidation sites excluding steroid dienone is 1. The van der Waals surface area contributed by atoms with E-state index < -0.39 is 5.60 Å². The average Bonchev–Trinajstić information content (AvgIpc) is 2.02. The first kappa shape index (κ1) is 13.5. The number of carbonyl (C=O) groups excluding carboxylic acids is 1. The molecule has 0 N–H and O–H groups in total. The lowest BCUT2D eigenvalue weighted by molar-refractivity contribution is -0.149. The lowest BCUT2D eigenvalue weighted by Crippen LogP contribution is -2.25. The third-order valence-electron chi connectivity index (χ3n) is 1.48. The molecule has 0 aromatic rings. The summed E-state index contributed by atoms with van der Waals surface area (Å²) in [5.41, 5.74) is 0.109. The number of unbranched alkanes of at least 4 members (excludes halogenated alkanes) is 1. The van der Waals surface area contributed by atoms with Gasteiger partial charge in [-0.2, -0.15) is 0 Å². The number of rotatable bonds is 4. The predicted octanol–water partition coefficient (Wildman–Crippen LogP) is 3.29. The minimum absolute atomic E-state index is 0.217. The summed E-state index contributed by atoms with van der Waals surface area (Å²) in [5.74, 6) is -0.0875. The third-order valence-corrected chi connectivity index (χ3v) is 1.77. The van der Waals surface area contributed by atoms with E-state index in [1.807, 2.05) is 26.8 Å². The molecule has 0 radical (unpaired) electrons. The fraction of sp³-hybridized carbons (Fsp3) is 0.727. The van der Waals surface area contributed by atoms with E-state index >= 15 is 0 Å². The van der Waals surface area contributed by atoms with Gasteiger partial charge < -0.3 is 4.74 Å². The largest absolute Gasteiger partial charge is 0.457 e. The maximum atomic E-state index is 11.5. The van der Waals surface area contributed by atoms with E-state index in [2.05, 4.69) is 6.92 Å². The topological polar surface area (TPSA) is 26.3 Å². The summed E-state index contributed by atoms with van der Waals surface area (Å²) in [7, 11) is 0. The Morgan fingerprint density at radius 3 is 2.36 bits per heavy atom. The van der Waals surface area contributed by atoms with Crippen LogP contribution in [0.25, 0.3) is 0 Å². The lowest BCUT2D eigenvalue weighted by Gasteiger charge is -2.20. The van der Waals surface area contributed by atoms with E-state index in [0.29, 0.717) is 5.57 Å². The van der Waals surface area contributed by atoms with E-state index in [9.17, 15) is 4.79 Å². The Kier molecular flexibility index (Phi) is 5.86. The van der Waals surface area contributed by atoms with Crippen molar-refractivity contribution in [3.05, 3.63) is 11.6 Å². The van der Waals surface area contributed by atoms with Crippen molar-refractivity contribution in [2.24, 2.45) is 0 Å². The van der Waals surface area contributed by atoms with Crippen molar-refractivity contribution in [1.82, 2.24) is 0 Å². The number of esters is 1. The van der Waals surface area contributed by atoms with Gasteiger partial charge in [0, 0.05) is 5.57 Å². The highest BCUT2D eigenvalue weighted by molar-refractivity contribution is 6.22. The van der Waals surface area contributed by atoms with Crippen LogP contribution in [-0.4, -0.2) is 17.5 Å². The van der Waals surface area contributed by atoms with Gasteiger partial charge in [-0.05, 0) is 27.2 Å². The molecule has 0 aliphatic carbocycles. The molecule has 0 aromatic carbocycles. The number of hydrogen-bond donors (Lipinski definition) is 0. The molecule has 0 bridgehead atoms. The van der Waals surface area contributed by atoms with Crippen molar-refractivity contribution in [2.75, 3.05) is 5.88 Å². The molecule has 0 rings (SSSR count). The van der Waals surface area contributed by atoms with Gasteiger partial charge in [0.15, 0.2) is 0 Å². The van der Waals surface area contributed by atoms with E-state index in [1.54, 1.807) is 0 Å². The molecule has 0 aliphatic heterocycles. The average molecular weight is 219 g/mol. The van der Waals surface area contributed by atoms with Gasteiger partial charge in [0.2, 0.25) is 0 Å². The molecule has 0 fully saturated rings. The van der Waals surface area contributed by atoms with Gasteiger partial charge in [-0.15, -0.1) is 11.6 Å². The Labute approximate surface area is 91.3 Å². The molecule has 0 spiro atoms. The zero-order chi connectivity index (χ0) is 11.2. The molecule has 0 heterocycles. The second-order valence-corrected chi connectivity index (χ2v) is 4.42. The highest BCUT2D eigenvalue weighted by Gasteiger charge is 2.18. The number of hydrogen-bond acceptors (Lipinski definition) is 2. The van der Waals surface area contributed by atoms with Crippen LogP contribution in [0.3, 0.4) is 0 Å². The summed E-state index contributed by atoms with van der Waals surface area (Å²) in [5, 5.41) is 0. The number of halogens is 1. The van der Waals surface area contributed by atoms with Gasteiger partial charge in [0.25, 0.3) is 0 Å². The van der Waals surface area contributed by atoms with Gasteiger partial charge in [0.05, 0.1) is 5.88 Å². The maximum Gasteiger partial charge on any atom is 0.335 e. The van der Waals surface area contributed by atoms with E-state index in [0.717, 1.165) is 12.8 Å². The van der Waals surface area contributed by atoms with Crippen LogP contribution in [0.4, 0.5) is 0 Å². The Bertz CT molecular complexity index is 214. The Hall–Kier alpha value is -0.500. The third kappa shape index (κ3) is 6.03. The van der Waals surface area contributed by atoms with Crippen LogP contribution in [-0.2, 0) is 9.53 Å².